The van der Waals surface area contributed by atoms with Gasteiger partial charge in [0.25, 0.3) is 0 Å². The molecule has 0 radical (unpaired) electrons. The SMILES string of the molecule is C/C=C\c1oc2ccc(-c3c4ccccc4c(-c4cccc5ccccc45)c4cc(-c5ccc6ccccc6c5)ccc34)cc2c1C. The molecule has 9 aromatic rings. The van der Waals surface area contributed by atoms with Crippen LogP contribution in [0.15, 0.2) is 156 Å². The Labute approximate surface area is 274 Å². The van der Waals surface area contributed by atoms with Crippen LogP contribution in [0.1, 0.15) is 18.2 Å². The minimum atomic E-state index is 0.916. The highest BCUT2D eigenvalue weighted by atomic mass is 16.3. The van der Waals surface area contributed by atoms with E-state index in [1.807, 2.05) is 19.1 Å². The molecule has 1 heteroatoms. The Morgan fingerprint density at radius 1 is 0.447 bits per heavy atom. The molecule has 0 aliphatic rings. The second kappa shape index (κ2) is 10.9. The van der Waals surface area contributed by atoms with E-state index in [4.69, 9.17) is 4.42 Å². The Kier molecular flexibility index (Phi) is 6.33. The molecule has 0 saturated carbocycles. The third-order valence-corrected chi connectivity index (χ3v) is 9.75. The van der Waals surface area contributed by atoms with Crippen molar-refractivity contribution in [3.63, 3.8) is 0 Å². The number of furan rings is 1. The molecule has 0 unspecified atom stereocenters. The predicted molar refractivity (Wildman–Crippen MR) is 202 cm³/mol. The molecular formula is C46H32O. The van der Waals surface area contributed by atoms with Crippen molar-refractivity contribution in [3.8, 4) is 33.4 Å². The number of aryl methyl sites for hydroxylation is 1. The molecule has 9 rings (SSSR count). The molecule has 47 heavy (non-hydrogen) atoms. The van der Waals surface area contributed by atoms with Gasteiger partial charge in [-0.2, -0.15) is 0 Å². The van der Waals surface area contributed by atoms with Crippen LogP contribution in [0.4, 0.5) is 0 Å². The summed E-state index contributed by atoms with van der Waals surface area (Å²) in [6, 6.07) is 53.5. The number of fused-ring (bicyclic) bond motifs is 5. The summed E-state index contributed by atoms with van der Waals surface area (Å²) in [7, 11) is 0. The number of allylic oxidation sites excluding steroid dienone is 1. The van der Waals surface area contributed by atoms with E-state index in [2.05, 4.69) is 153 Å². The lowest BCUT2D eigenvalue weighted by molar-refractivity contribution is 0.601. The van der Waals surface area contributed by atoms with Gasteiger partial charge in [0.05, 0.1) is 0 Å². The number of hydrogen-bond acceptors (Lipinski definition) is 1. The molecule has 1 heterocycles. The number of rotatable bonds is 4. The molecule has 0 aliphatic carbocycles. The molecule has 0 N–H and O–H groups in total. The van der Waals surface area contributed by atoms with Crippen molar-refractivity contribution < 1.29 is 4.42 Å². The van der Waals surface area contributed by atoms with Crippen LogP contribution in [-0.4, -0.2) is 0 Å². The Morgan fingerprint density at radius 2 is 1.06 bits per heavy atom. The summed E-state index contributed by atoms with van der Waals surface area (Å²) in [5.41, 5.74) is 9.48. The van der Waals surface area contributed by atoms with E-state index in [9.17, 15) is 0 Å². The van der Waals surface area contributed by atoms with E-state index in [0.29, 0.717) is 0 Å². The fourth-order valence-corrected chi connectivity index (χ4v) is 7.48. The maximum Gasteiger partial charge on any atom is 0.135 e. The molecule has 1 nitrogen and oxygen atoms in total. The average Bonchev–Trinajstić information content (AvgIpc) is 3.43. The van der Waals surface area contributed by atoms with Crippen molar-refractivity contribution in [2.24, 2.45) is 0 Å². The Balaban J connectivity index is 1.40. The third kappa shape index (κ3) is 4.39. The van der Waals surface area contributed by atoms with Crippen LogP contribution in [0.3, 0.4) is 0 Å². The van der Waals surface area contributed by atoms with Gasteiger partial charge in [-0.05, 0) is 121 Å². The van der Waals surface area contributed by atoms with Crippen LogP contribution in [0.5, 0.6) is 0 Å². The zero-order chi connectivity index (χ0) is 31.5. The summed E-state index contributed by atoms with van der Waals surface area (Å²) < 4.78 is 6.23. The average molecular weight is 601 g/mol. The van der Waals surface area contributed by atoms with E-state index in [-0.39, 0.29) is 0 Å². The van der Waals surface area contributed by atoms with Gasteiger partial charge in [0, 0.05) is 10.9 Å². The molecule has 1 aromatic heterocycles. The molecule has 0 aliphatic heterocycles. The van der Waals surface area contributed by atoms with E-state index >= 15 is 0 Å². The summed E-state index contributed by atoms with van der Waals surface area (Å²) >= 11 is 0. The van der Waals surface area contributed by atoms with Gasteiger partial charge in [0.1, 0.15) is 11.3 Å². The zero-order valence-corrected chi connectivity index (χ0v) is 26.4. The first-order valence-electron chi connectivity index (χ1n) is 16.3. The van der Waals surface area contributed by atoms with Crippen LogP contribution >= 0.6 is 0 Å². The van der Waals surface area contributed by atoms with Gasteiger partial charge in [0.15, 0.2) is 0 Å². The van der Waals surface area contributed by atoms with E-state index < -0.39 is 0 Å². The first kappa shape index (κ1) is 27.4. The van der Waals surface area contributed by atoms with Crippen molar-refractivity contribution >= 4 is 60.1 Å². The Bertz CT molecular complexity index is 2700. The van der Waals surface area contributed by atoms with E-state index in [0.717, 1.165) is 16.7 Å². The lowest BCUT2D eigenvalue weighted by Gasteiger charge is -2.20. The topological polar surface area (TPSA) is 13.1 Å². The Morgan fingerprint density at radius 3 is 1.89 bits per heavy atom. The lowest BCUT2D eigenvalue weighted by atomic mass is 9.83. The van der Waals surface area contributed by atoms with E-state index in [1.54, 1.807) is 0 Å². The van der Waals surface area contributed by atoms with Crippen LogP contribution < -0.4 is 0 Å². The zero-order valence-electron chi connectivity index (χ0n) is 26.4. The summed E-state index contributed by atoms with van der Waals surface area (Å²) in [5.74, 6) is 0.917. The van der Waals surface area contributed by atoms with Crippen LogP contribution in [0, 0.1) is 6.92 Å². The lowest BCUT2D eigenvalue weighted by Crippen LogP contribution is -1.92. The Hall–Kier alpha value is -5.92. The molecule has 0 bridgehead atoms. The highest BCUT2D eigenvalue weighted by Gasteiger charge is 2.20. The number of hydrogen-bond donors (Lipinski definition) is 0. The normalized spacial score (nSPS) is 12.0. The van der Waals surface area contributed by atoms with Gasteiger partial charge in [-0.25, -0.2) is 0 Å². The van der Waals surface area contributed by atoms with Crippen molar-refractivity contribution in [1.29, 1.82) is 0 Å². The number of benzene rings is 8. The van der Waals surface area contributed by atoms with Gasteiger partial charge in [0.2, 0.25) is 0 Å². The fourth-order valence-electron chi connectivity index (χ4n) is 7.48. The minimum Gasteiger partial charge on any atom is -0.456 e. The summed E-state index contributed by atoms with van der Waals surface area (Å²) in [5, 5.41) is 11.1. The van der Waals surface area contributed by atoms with Crippen LogP contribution in [0.2, 0.25) is 0 Å². The molecule has 0 fully saturated rings. The highest BCUT2D eigenvalue weighted by molar-refractivity contribution is 6.24. The summed E-state index contributed by atoms with van der Waals surface area (Å²) in [4.78, 5) is 0. The predicted octanol–water partition coefficient (Wildman–Crippen LogP) is 13.4. The van der Waals surface area contributed by atoms with Crippen molar-refractivity contribution in [2.75, 3.05) is 0 Å². The molecule has 0 atom stereocenters. The standard InChI is InChI=1S/C46H32O/c1-3-11-43-29(2)41-28-35(23-25-44(41)47-43)45-38-17-8-9-18-39(38)46(37-19-10-15-31-13-6-7-16-36(31)37)42-27-34(22-24-40(42)45)33-21-20-30-12-4-5-14-32(30)26-33/h3-28H,1-2H3/b11-3-. The van der Waals surface area contributed by atoms with Gasteiger partial charge >= 0.3 is 0 Å². The van der Waals surface area contributed by atoms with Gasteiger partial charge < -0.3 is 4.42 Å². The van der Waals surface area contributed by atoms with Gasteiger partial charge in [-0.3, -0.25) is 0 Å². The second-order valence-corrected chi connectivity index (χ2v) is 12.4. The first-order chi connectivity index (χ1) is 23.2. The van der Waals surface area contributed by atoms with E-state index in [1.165, 1.54) is 82.0 Å². The maximum absolute atomic E-state index is 6.23. The van der Waals surface area contributed by atoms with Crippen molar-refractivity contribution in [1.82, 2.24) is 0 Å². The van der Waals surface area contributed by atoms with Crippen molar-refractivity contribution in [2.45, 2.75) is 13.8 Å². The maximum atomic E-state index is 6.23. The van der Waals surface area contributed by atoms with Gasteiger partial charge in [-0.1, -0.05) is 127 Å². The second-order valence-electron chi connectivity index (χ2n) is 12.4. The molecule has 8 aromatic carbocycles. The summed E-state index contributed by atoms with van der Waals surface area (Å²) in [6.45, 7) is 4.18. The monoisotopic (exact) mass is 600 g/mol. The quantitative estimate of drug-likeness (QED) is 0.183. The fraction of sp³-hybridized carbons (Fsp3) is 0.0435. The van der Waals surface area contributed by atoms with Crippen LogP contribution in [-0.2, 0) is 0 Å². The first-order valence-corrected chi connectivity index (χ1v) is 16.3. The smallest absolute Gasteiger partial charge is 0.135 e. The molecule has 0 amide bonds. The van der Waals surface area contributed by atoms with Crippen LogP contribution in [0.25, 0.3) is 93.5 Å². The largest absolute Gasteiger partial charge is 0.456 e. The third-order valence-electron chi connectivity index (χ3n) is 9.75. The molecule has 222 valence electrons. The molecule has 0 spiro atoms. The molecule has 0 saturated heterocycles. The van der Waals surface area contributed by atoms with Gasteiger partial charge in [-0.15, -0.1) is 0 Å². The highest BCUT2D eigenvalue weighted by Crippen LogP contribution is 2.47. The minimum absolute atomic E-state index is 0.916. The molecular weight excluding hydrogens is 569 g/mol. The summed E-state index contributed by atoms with van der Waals surface area (Å²) in [6.07, 6.45) is 4.08. The van der Waals surface area contributed by atoms with Crippen molar-refractivity contribution in [3.05, 3.63) is 163 Å².